The van der Waals surface area contributed by atoms with Crippen LogP contribution in [0.25, 0.3) is 0 Å². The molecular formula is C8H8BrClN6. The minimum absolute atomic E-state index is 0.354. The third-order valence-corrected chi connectivity index (χ3v) is 2.69. The van der Waals surface area contributed by atoms with Crippen LogP contribution in [0.5, 0.6) is 0 Å². The summed E-state index contributed by atoms with van der Waals surface area (Å²) < 4.78 is 2.24. The van der Waals surface area contributed by atoms with Crippen LogP contribution in [-0.2, 0) is 7.05 Å². The number of rotatable bonds is 2. The fourth-order valence-electron chi connectivity index (χ4n) is 1.11. The van der Waals surface area contributed by atoms with Gasteiger partial charge in [-0.3, -0.25) is 4.68 Å². The van der Waals surface area contributed by atoms with Gasteiger partial charge in [-0.05, 0) is 15.9 Å². The molecule has 0 spiro atoms. The highest BCUT2D eigenvalue weighted by Crippen LogP contribution is 2.23. The quantitative estimate of drug-likeness (QED) is 0.886. The summed E-state index contributed by atoms with van der Waals surface area (Å²) in [5.41, 5.74) is 6.26. The standard InChI is InChI=1S/C8H8BrClN6/c1-16-3-5(6(10)15-16)13-8-12-2-4(9)7(11)14-8/h2-3H,1H3,(H3,11,12,13,14). The lowest BCUT2D eigenvalue weighted by atomic mass is 10.5. The van der Waals surface area contributed by atoms with Crippen LogP contribution in [0.15, 0.2) is 16.9 Å². The summed E-state index contributed by atoms with van der Waals surface area (Å²) in [4.78, 5) is 8.07. The van der Waals surface area contributed by atoms with E-state index in [1.54, 1.807) is 24.1 Å². The third kappa shape index (κ3) is 2.25. The fourth-order valence-corrected chi connectivity index (χ4v) is 1.51. The molecule has 2 rings (SSSR count). The average Bonchev–Trinajstić information content (AvgIpc) is 2.51. The van der Waals surface area contributed by atoms with Crippen molar-refractivity contribution in [1.29, 1.82) is 0 Å². The van der Waals surface area contributed by atoms with Crippen molar-refractivity contribution in [2.24, 2.45) is 7.05 Å². The van der Waals surface area contributed by atoms with Gasteiger partial charge in [-0.2, -0.15) is 10.1 Å². The minimum atomic E-state index is 0.354. The molecule has 8 heteroatoms. The Morgan fingerprint density at radius 3 is 2.88 bits per heavy atom. The molecule has 0 aliphatic heterocycles. The lowest BCUT2D eigenvalue weighted by molar-refractivity contribution is 0.768. The Morgan fingerprint density at radius 1 is 1.56 bits per heavy atom. The molecule has 3 N–H and O–H groups in total. The number of nitrogens with two attached hydrogens (primary N) is 1. The molecule has 2 heterocycles. The summed E-state index contributed by atoms with van der Waals surface area (Å²) in [6, 6.07) is 0. The second-order valence-electron chi connectivity index (χ2n) is 3.06. The molecule has 84 valence electrons. The summed E-state index contributed by atoms with van der Waals surface area (Å²) in [6.45, 7) is 0. The summed E-state index contributed by atoms with van der Waals surface area (Å²) in [6.07, 6.45) is 3.29. The first-order valence-electron chi connectivity index (χ1n) is 4.30. The van der Waals surface area contributed by atoms with Gasteiger partial charge >= 0.3 is 0 Å². The van der Waals surface area contributed by atoms with Crippen molar-refractivity contribution < 1.29 is 0 Å². The molecule has 0 unspecified atom stereocenters. The van der Waals surface area contributed by atoms with Gasteiger partial charge in [0.15, 0.2) is 5.15 Å². The Balaban J connectivity index is 2.27. The van der Waals surface area contributed by atoms with E-state index in [1.165, 1.54) is 0 Å². The molecule has 2 aromatic rings. The predicted molar refractivity (Wildman–Crippen MR) is 65.6 cm³/mol. The Labute approximate surface area is 105 Å². The molecule has 6 nitrogen and oxygen atoms in total. The highest BCUT2D eigenvalue weighted by molar-refractivity contribution is 9.10. The van der Waals surface area contributed by atoms with Gasteiger partial charge in [-0.15, -0.1) is 0 Å². The van der Waals surface area contributed by atoms with Gasteiger partial charge < -0.3 is 11.1 Å². The molecule has 0 aromatic carbocycles. The normalized spacial score (nSPS) is 10.4. The maximum absolute atomic E-state index is 5.88. The number of halogens is 2. The van der Waals surface area contributed by atoms with Crippen LogP contribution in [0.4, 0.5) is 17.5 Å². The summed E-state index contributed by atoms with van der Waals surface area (Å²) in [5, 5.41) is 7.25. The number of nitrogens with one attached hydrogen (secondary N) is 1. The lowest BCUT2D eigenvalue weighted by Crippen LogP contribution is -2.00. The van der Waals surface area contributed by atoms with Crippen molar-refractivity contribution >= 4 is 45.0 Å². The molecule has 0 atom stereocenters. The fraction of sp³-hybridized carbons (Fsp3) is 0.125. The Kier molecular flexibility index (Phi) is 2.97. The predicted octanol–water partition coefficient (Wildman–Crippen LogP) is 1.95. The molecule has 0 radical (unpaired) electrons. The molecule has 0 saturated heterocycles. The topological polar surface area (TPSA) is 81.7 Å². The van der Waals surface area contributed by atoms with Gasteiger partial charge in [-0.1, -0.05) is 11.6 Å². The highest BCUT2D eigenvalue weighted by atomic mass is 79.9. The third-order valence-electron chi connectivity index (χ3n) is 1.80. The van der Waals surface area contributed by atoms with E-state index in [-0.39, 0.29) is 0 Å². The molecule has 0 fully saturated rings. The smallest absolute Gasteiger partial charge is 0.229 e. The maximum atomic E-state index is 5.88. The molecule has 0 bridgehead atoms. The van der Waals surface area contributed by atoms with Gasteiger partial charge in [0, 0.05) is 19.4 Å². The van der Waals surface area contributed by atoms with Gasteiger partial charge in [0.1, 0.15) is 5.82 Å². The summed E-state index contributed by atoms with van der Waals surface area (Å²) >= 11 is 9.09. The Hall–Kier alpha value is -1.34. The van der Waals surface area contributed by atoms with Crippen LogP contribution >= 0.6 is 27.5 Å². The van der Waals surface area contributed by atoms with E-state index in [0.29, 0.717) is 27.1 Å². The minimum Gasteiger partial charge on any atom is -0.383 e. The van der Waals surface area contributed by atoms with Crippen LogP contribution in [0.3, 0.4) is 0 Å². The summed E-state index contributed by atoms with van der Waals surface area (Å²) in [7, 11) is 1.77. The number of hydrogen-bond acceptors (Lipinski definition) is 5. The second-order valence-corrected chi connectivity index (χ2v) is 4.27. The van der Waals surface area contributed by atoms with E-state index in [1.807, 2.05) is 0 Å². The number of nitrogens with zero attached hydrogens (tertiary/aromatic N) is 4. The van der Waals surface area contributed by atoms with Crippen LogP contribution < -0.4 is 11.1 Å². The first kappa shape index (κ1) is 11.2. The van der Waals surface area contributed by atoms with E-state index in [2.05, 4.69) is 36.3 Å². The zero-order valence-electron chi connectivity index (χ0n) is 8.28. The van der Waals surface area contributed by atoms with Crippen molar-refractivity contribution in [2.45, 2.75) is 0 Å². The molecule has 16 heavy (non-hydrogen) atoms. The van der Waals surface area contributed by atoms with Gasteiger partial charge in [0.25, 0.3) is 0 Å². The maximum Gasteiger partial charge on any atom is 0.229 e. The number of hydrogen-bond donors (Lipinski definition) is 2. The molecule has 2 aromatic heterocycles. The van der Waals surface area contributed by atoms with Crippen molar-refractivity contribution in [3.63, 3.8) is 0 Å². The number of aryl methyl sites for hydroxylation is 1. The largest absolute Gasteiger partial charge is 0.383 e. The Morgan fingerprint density at radius 2 is 2.31 bits per heavy atom. The van der Waals surface area contributed by atoms with E-state index in [4.69, 9.17) is 17.3 Å². The van der Waals surface area contributed by atoms with Crippen LogP contribution in [-0.4, -0.2) is 19.7 Å². The van der Waals surface area contributed by atoms with Crippen molar-refractivity contribution in [2.75, 3.05) is 11.1 Å². The number of anilines is 3. The van der Waals surface area contributed by atoms with Crippen LogP contribution in [0, 0.1) is 0 Å². The van der Waals surface area contributed by atoms with Crippen LogP contribution in [0.2, 0.25) is 5.15 Å². The molecule has 0 saturated carbocycles. The summed E-state index contributed by atoms with van der Waals surface area (Å²) in [5.74, 6) is 0.730. The van der Waals surface area contributed by atoms with E-state index < -0.39 is 0 Å². The van der Waals surface area contributed by atoms with E-state index >= 15 is 0 Å². The Bertz CT molecular complexity index is 525. The zero-order valence-corrected chi connectivity index (χ0v) is 10.6. The van der Waals surface area contributed by atoms with E-state index in [9.17, 15) is 0 Å². The molecular weight excluding hydrogens is 295 g/mol. The lowest BCUT2D eigenvalue weighted by Gasteiger charge is -2.03. The first-order chi connectivity index (χ1) is 7.56. The molecule has 0 aliphatic carbocycles. The number of aromatic nitrogens is 4. The second kappa shape index (κ2) is 4.26. The molecule has 0 aliphatic rings. The highest BCUT2D eigenvalue weighted by Gasteiger charge is 2.07. The first-order valence-corrected chi connectivity index (χ1v) is 5.47. The van der Waals surface area contributed by atoms with Crippen LogP contribution in [0.1, 0.15) is 0 Å². The van der Waals surface area contributed by atoms with Gasteiger partial charge in [-0.25, -0.2) is 4.98 Å². The molecule has 0 amide bonds. The number of nitrogen functional groups attached to an aromatic ring is 1. The van der Waals surface area contributed by atoms with Gasteiger partial charge in [0.2, 0.25) is 5.95 Å². The monoisotopic (exact) mass is 302 g/mol. The van der Waals surface area contributed by atoms with Gasteiger partial charge in [0.05, 0.1) is 10.2 Å². The van der Waals surface area contributed by atoms with Crippen molar-refractivity contribution in [3.8, 4) is 0 Å². The van der Waals surface area contributed by atoms with Crippen molar-refractivity contribution in [3.05, 3.63) is 22.0 Å². The SMILES string of the molecule is Cn1cc(Nc2ncc(Br)c(N)n2)c(Cl)n1. The zero-order chi connectivity index (χ0) is 11.7. The van der Waals surface area contributed by atoms with E-state index in [0.717, 1.165) is 0 Å². The average molecular weight is 304 g/mol. The van der Waals surface area contributed by atoms with Crippen molar-refractivity contribution in [1.82, 2.24) is 19.7 Å².